The van der Waals surface area contributed by atoms with E-state index in [2.05, 4.69) is 11.4 Å². The standard InChI is InChI=1S/C13H21N3O/c1-9(6-14)8-16(2)13(17)12-11-5-3-4-10(11)7-15-12/h9-12,15H,3-5,7-8H2,1-2H3. The molecule has 2 fully saturated rings. The fraction of sp³-hybridized carbons (Fsp3) is 0.846. The molecule has 17 heavy (non-hydrogen) atoms. The molecule has 1 N–H and O–H groups in total. The van der Waals surface area contributed by atoms with Crippen LogP contribution in [0.15, 0.2) is 0 Å². The first-order valence-corrected chi connectivity index (χ1v) is 6.51. The van der Waals surface area contributed by atoms with Crippen molar-refractivity contribution in [2.45, 2.75) is 32.2 Å². The van der Waals surface area contributed by atoms with Gasteiger partial charge in [-0.2, -0.15) is 5.26 Å². The predicted octanol–water partition coefficient (Wildman–Crippen LogP) is 0.993. The summed E-state index contributed by atoms with van der Waals surface area (Å²) in [6, 6.07) is 2.17. The van der Waals surface area contributed by atoms with Crippen LogP contribution >= 0.6 is 0 Å². The molecule has 4 unspecified atom stereocenters. The molecule has 94 valence electrons. The van der Waals surface area contributed by atoms with Crippen molar-refractivity contribution in [3.05, 3.63) is 0 Å². The Balaban J connectivity index is 1.93. The fourth-order valence-corrected chi connectivity index (χ4v) is 3.24. The Labute approximate surface area is 103 Å². The Kier molecular flexibility index (Phi) is 3.68. The van der Waals surface area contributed by atoms with Gasteiger partial charge in [0.25, 0.3) is 0 Å². The van der Waals surface area contributed by atoms with Gasteiger partial charge in [0.2, 0.25) is 5.91 Å². The molecule has 4 nitrogen and oxygen atoms in total. The van der Waals surface area contributed by atoms with Crippen LogP contribution in [0, 0.1) is 29.1 Å². The van der Waals surface area contributed by atoms with Gasteiger partial charge in [0.1, 0.15) is 0 Å². The van der Waals surface area contributed by atoms with Gasteiger partial charge >= 0.3 is 0 Å². The molecule has 0 aromatic carbocycles. The number of hydrogen-bond acceptors (Lipinski definition) is 3. The van der Waals surface area contributed by atoms with E-state index in [0.717, 1.165) is 6.54 Å². The highest BCUT2D eigenvalue weighted by atomic mass is 16.2. The zero-order valence-electron chi connectivity index (χ0n) is 10.6. The van der Waals surface area contributed by atoms with Crippen LogP contribution in [0.3, 0.4) is 0 Å². The molecule has 1 amide bonds. The van der Waals surface area contributed by atoms with Crippen molar-refractivity contribution in [2.24, 2.45) is 17.8 Å². The Morgan fingerprint density at radius 1 is 1.59 bits per heavy atom. The fourth-order valence-electron chi connectivity index (χ4n) is 3.24. The number of likely N-dealkylation sites (N-methyl/N-ethyl adjacent to an activating group) is 1. The number of carbonyl (C=O) groups is 1. The molecule has 1 aliphatic carbocycles. The summed E-state index contributed by atoms with van der Waals surface area (Å²) in [7, 11) is 1.81. The Hall–Kier alpha value is -1.08. The lowest BCUT2D eigenvalue weighted by Crippen LogP contribution is -2.45. The van der Waals surface area contributed by atoms with Gasteiger partial charge in [-0.05, 0) is 38.1 Å². The van der Waals surface area contributed by atoms with Crippen LogP contribution in [0.5, 0.6) is 0 Å². The molecule has 4 heteroatoms. The minimum Gasteiger partial charge on any atom is -0.343 e. The molecule has 1 saturated heterocycles. The van der Waals surface area contributed by atoms with E-state index in [0.29, 0.717) is 18.4 Å². The largest absolute Gasteiger partial charge is 0.343 e. The highest BCUT2D eigenvalue weighted by molar-refractivity contribution is 5.82. The van der Waals surface area contributed by atoms with Crippen molar-refractivity contribution in [2.75, 3.05) is 20.1 Å². The monoisotopic (exact) mass is 235 g/mol. The van der Waals surface area contributed by atoms with Crippen LogP contribution in [0.2, 0.25) is 0 Å². The minimum absolute atomic E-state index is 0.00149. The summed E-state index contributed by atoms with van der Waals surface area (Å²) in [4.78, 5) is 14.0. The van der Waals surface area contributed by atoms with E-state index < -0.39 is 0 Å². The summed E-state index contributed by atoms with van der Waals surface area (Å²) in [5.41, 5.74) is 0. The molecular weight excluding hydrogens is 214 g/mol. The van der Waals surface area contributed by atoms with E-state index in [1.54, 1.807) is 11.9 Å². The minimum atomic E-state index is -0.0928. The van der Waals surface area contributed by atoms with Gasteiger partial charge in [0, 0.05) is 13.6 Å². The maximum absolute atomic E-state index is 12.3. The van der Waals surface area contributed by atoms with Gasteiger partial charge in [-0.25, -0.2) is 0 Å². The average Bonchev–Trinajstić information content (AvgIpc) is 2.89. The van der Waals surface area contributed by atoms with Gasteiger partial charge < -0.3 is 10.2 Å². The zero-order valence-corrected chi connectivity index (χ0v) is 10.6. The Bertz CT molecular complexity index is 336. The van der Waals surface area contributed by atoms with Crippen molar-refractivity contribution in [1.29, 1.82) is 5.26 Å². The van der Waals surface area contributed by atoms with Gasteiger partial charge in [0.05, 0.1) is 18.0 Å². The van der Waals surface area contributed by atoms with Crippen LogP contribution in [-0.4, -0.2) is 37.0 Å². The first-order chi connectivity index (χ1) is 8.13. The highest BCUT2D eigenvalue weighted by Gasteiger charge is 2.43. The molecule has 0 spiro atoms. The van der Waals surface area contributed by atoms with Crippen molar-refractivity contribution in [3.63, 3.8) is 0 Å². The van der Waals surface area contributed by atoms with Gasteiger partial charge in [0.15, 0.2) is 0 Å². The summed E-state index contributed by atoms with van der Waals surface area (Å²) in [5, 5.41) is 12.1. The quantitative estimate of drug-likeness (QED) is 0.793. The van der Waals surface area contributed by atoms with Crippen molar-refractivity contribution in [3.8, 4) is 6.07 Å². The van der Waals surface area contributed by atoms with E-state index in [1.807, 2.05) is 6.92 Å². The van der Waals surface area contributed by atoms with Crippen molar-refractivity contribution in [1.82, 2.24) is 10.2 Å². The normalized spacial score (nSPS) is 32.9. The molecular formula is C13H21N3O. The zero-order chi connectivity index (χ0) is 12.4. The number of nitrogens with one attached hydrogen (secondary N) is 1. The predicted molar refractivity (Wildman–Crippen MR) is 65.0 cm³/mol. The second kappa shape index (κ2) is 5.05. The lowest BCUT2D eigenvalue weighted by Gasteiger charge is -2.25. The molecule has 1 saturated carbocycles. The van der Waals surface area contributed by atoms with Crippen LogP contribution in [-0.2, 0) is 4.79 Å². The Morgan fingerprint density at radius 2 is 2.35 bits per heavy atom. The molecule has 1 aliphatic heterocycles. The third-order valence-corrected chi connectivity index (χ3v) is 4.16. The van der Waals surface area contributed by atoms with Gasteiger partial charge in [-0.1, -0.05) is 6.42 Å². The third kappa shape index (κ3) is 2.44. The molecule has 0 aromatic heterocycles. The number of carbonyl (C=O) groups excluding carboxylic acids is 1. The molecule has 2 aliphatic rings. The summed E-state index contributed by atoms with van der Waals surface area (Å²) in [5.74, 6) is 1.30. The van der Waals surface area contributed by atoms with Crippen LogP contribution in [0.1, 0.15) is 26.2 Å². The average molecular weight is 235 g/mol. The number of hydrogen-bond donors (Lipinski definition) is 1. The number of fused-ring (bicyclic) bond motifs is 1. The summed E-state index contributed by atoms with van der Waals surface area (Å²) >= 11 is 0. The molecule has 0 aromatic rings. The van der Waals surface area contributed by atoms with Gasteiger partial charge in [-0.15, -0.1) is 0 Å². The van der Waals surface area contributed by atoms with E-state index >= 15 is 0 Å². The van der Waals surface area contributed by atoms with Crippen molar-refractivity contribution < 1.29 is 4.79 Å². The highest BCUT2D eigenvalue weighted by Crippen LogP contribution is 2.38. The maximum atomic E-state index is 12.3. The lowest BCUT2D eigenvalue weighted by atomic mass is 9.93. The first kappa shape index (κ1) is 12.4. The van der Waals surface area contributed by atoms with Crippen LogP contribution < -0.4 is 5.32 Å². The molecule has 2 rings (SSSR count). The summed E-state index contributed by atoms with van der Waals surface area (Å²) < 4.78 is 0. The number of rotatable bonds is 3. The first-order valence-electron chi connectivity index (χ1n) is 6.51. The number of nitrogens with zero attached hydrogens (tertiary/aromatic N) is 2. The molecule has 4 atom stereocenters. The van der Waals surface area contributed by atoms with E-state index in [-0.39, 0.29) is 17.9 Å². The van der Waals surface area contributed by atoms with Crippen LogP contribution in [0.4, 0.5) is 0 Å². The third-order valence-electron chi connectivity index (χ3n) is 4.16. The second-order valence-electron chi connectivity index (χ2n) is 5.49. The second-order valence-corrected chi connectivity index (χ2v) is 5.49. The van der Waals surface area contributed by atoms with Gasteiger partial charge in [-0.3, -0.25) is 4.79 Å². The van der Waals surface area contributed by atoms with Crippen molar-refractivity contribution >= 4 is 5.91 Å². The smallest absolute Gasteiger partial charge is 0.239 e. The summed E-state index contributed by atoms with van der Waals surface area (Å²) in [6.45, 7) is 3.37. The maximum Gasteiger partial charge on any atom is 0.239 e. The number of nitriles is 1. The molecule has 0 radical (unpaired) electrons. The van der Waals surface area contributed by atoms with E-state index in [9.17, 15) is 4.79 Å². The lowest BCUT2D eigenvalue weighted by molar-refractivity contribution is -0.133. The molecule has 1 heterocycles. The van der Waals surface area contributed by atoms with Crippen LogP contribution in [0.25, 0.3) is 0 Å². The number of amides is 1. The molecule has 0 bridgehead atoms. The Morgan fingerprint density at radius 3 is 3.06 bits per heavy atom. The topological polar surface area (TPSA) is 56.1 Å². The SMILES string of the molecule is CC(C#N)CN(C)C(=O)C1NCC2CCCC21. The van der Waals surface area contributed by atoms with E-state index in [4.69, 9.17) is 5.26 Å². The van der Waals surface area contributed by atoms with E-state index in [1.165, 1.54) is 19.3 Å². The summed E-state index contributed by atoms with van der Waals surface area (Å²) in [6.07, 6.45) is 3.70.